The van der Waals surface area contributed by atoms with Crippen LogP contribution < -0.4 is 10.5 Å². The predicted octanol–water partition coefficient (Wildman–Crippen LogP) is 2.65. The Morgan fingerprint density at radius 3 is 2.91 bits per heavy atom. The van der Waals surface area contributed by atoms with Crippen LogP contribution in [0.25, 0.3) is 5.65 Å². The van der Waals surface area contributed by atoms with Crippen molar-refractivity contribution in [3.63, 3.8) is 0 Å². The molecule has 2 aromatic heterocycles. The Morgan fingerprint density at radius 2 is 2.00 bits per heavy atom. The van der Waals surface area contributed by atoms with E-state index in [9.17, 15) is 4.79 Å². The molecule has 4 heteroatoms. The Bertz CT molecular complexity index is 900. The van der Waals surface area contributed by atoms with E-state index in [4.69, 9.17) is 0 Å². The van der Waals surface area contributed by atoms with Crippen LogP contribution in [0.1, 0.15) is 18.2 Å². The molecule has 0 aliphatic carbocycles. The van der Waals surface area contributed by atoms with E-state index in [1.165, 1.54) is 11.3 Å². The molecule has 0 bridgehead atoms. The first kappa shape index (κ1) is 13.1. The van der Waals surface area contributed by atoms with Gasteiger partial charge in [-0.15, -0.1) is 0 Å². The van der Waals surface area contributed by atoms with Gasteiger partial charge in [-0.25, -0.2) is 4.98 Å². The molecule has 1 aliphatic rings. The van der Waals surface area contributed by atoms with Crippen molar-refractivity contribution >= 4 is 11.3 Å². The van der Waals surface area contributed by atoms with Gasteiger partial charge in [-0.1, -0.05) is 24.3 Å². The number of para-hydroxylation sites is 1. The van der Waals surface area contributed by atoms with Crippen molar-refractivity contribution in [2.75, 3.05) is 4.90 Å². The van der Waals surface area contributed by atoms with Crippen LogP contribution in [-0.4, -0.2) is 15.4 Å². The van der Waals surface area contributed by atoms with Crippen LogP contribution in [0.2, 0.25) is 0 Å². The molecule has 0 fully saturated rings. The predicted molar refractivity (Wildman–Crippen MR) is 87.3 cm³/mol. The van der Waals surface area contributed by atoms with Gasteiger partial charge >= 0.3 is 0 Å². The van der Waals surface area contributed by atoms with Crippen LogP contribution in [0.3, 0.4) is 0 Å². The number of pyridine rings is 1. The van der Waals surface area contributed by atoms with Crippen molar-refractivity contribution in [2.45, 2.75) is 25.9 Å². The van der Waals surface area contributed by atoms with Crippen molar-refractivity contribution in [1.82, 2.24) is 9.38 Å². The van der Waals surface area contributed by atoms with E-state index in [1.807, 2.05) is 18.2 Å². The quantitative estimate of drug-likeness (QED) is 0.728. The number of nitrogens with zero attached hydrogens (tertiary/aromatic N) is 3. The first-order valence-corrected chi connectivity index (χ1v) is 7.54. The molecule has 3 heterocycles. The van der Waals surface area contributed by atoms with Gasteiger partial charge in [-0.05, 0) is 37.1 Å². The van der Waals surface area contributed by atoms with Crippen molar-refractivity contribution in [2.24, 2.45) is 0 Å². The largest absolute Gasteiger partial charge is 0.362 e. The number of anilines is 1. The van der Waals surface area contributed by atoms with E-state index >= 15 is 0 Å². The van der Waals surface area contributed by atoms with Crippen molar-refractivity contribution in [3.05, 3.63) is 76.3 Å². The smallest absolute Gasteiger partial charge is 0.258 e. The van der Waals surface area contributed by atoms with Gasteiger partial charge in [-0.3, -0.25) is 9.20 Å². The molecule has 0 N–H and O–H groups in total. The lowest BCUT2D eigenvalue weighted by atomic mass is 10.1. The minimum Gasteiger partial charge on any atom is -0.362 e. The SMILES string of the molecule is CC1Cc2ccccc2N1Cc1cc(=O)n2ccccc2n1. The number of aromatic nitrogens is 2. The Labute approximate surface area is 128 Å². The van der Waals surface area contributed by atoms with Gasteiger partial charge in [0.15, 0.2) is 0 Å². The van der Waals surface area contributed by atoms with Crippen LogP contribution >= 0.6 is 0 Å². The lowest BCUT2D eigenvalue weighted by Crippen LogP contribution is -2.30. The number of benzene rings is 1. The molecule has 1 atom stereocenters. The monoisotopic (exact) mass is 291 g/mol. The number of fused-ring (bicyclic) bond motifs is 2. The maximum absolute atomic E-state index is 12.2. The summed E-state index contributed by atoms with van der Waals surface area (Å²) in [6, 6.07) is 16.1. The van der Waals surface area contributed by atoms with E-state index in [2.05, 4.69) is 41.1 Å². The van der Waals surface area contributed by atoms with Crippen molar-refractivity contribution < 1.29 is 0 Å². The standard InChI is InChI=1S/C18H17N3O/c1-13-10-14-6-2-3-7-16(14)21(13)12-15-11-18(22)20-9-5-4-8-17(20)19-15/h2-9,11,13H,10,12H2,1H3. The molecule has 0 saturated carbocycles. The lowest BCUT2D eigenvalue weighted by Gasteiger charge is -2.24. The van der Waals surface area contributed by atoms with Gasteiger partial charge in [-0.2, -0.15) is 0 Å². The third-order valence-corrected chi connectivity index (χ3v) is 4.30. The summed E-state index contributed by atoms with van der Waals surface area (Å²) < 4.78 is 1.57. The van der Waals surface area contributed by atoms with Crippen molar-refractivity contribution in [1.29, 1.82) is 0 Å². The maximum atomic E-state index is 12.2. The molecule has 4 rings (SSSR count). The zero-order chi connectivity index (χ0) is 15.1. The molecule has 0 saturated heterocycles. The molecular weight excluding hydrogens is 274 g/mol. The van der Waals surface area contributed by atoms with Gasteiger partial charge in [0.05, 0.1) is 12.2 Å². The van der Waals surface area contributed by atoms with Crippen molar-refractivity contribution in [3.8, 4) is 0 Å². The molecule has 0 radical (unpaired) electrons. The first-order chi connectivity index (χ1) is 10.7. The Balaban J connectivity index is 1.74. The highest BCUT2D eigenvalue weighted by molar-refractivity contribution is 5.59. The van der Waals surface area contributed by atoms with Gasteiger partial charge in [0.25, 0.3) is 5.56 Å². The van der Waals surface area contributed by atoms with E-state index in [1.54, 1.807) is 16.7 Å². The zero-order valence-electron chi connectivity index (χ0n) is 12.4. The Hall–Kier alpha value is -2.62. The molecule has 0 amide bonds. The minimum atomic E-state index is -0.0271. The molecule has 3 aromatic rings. The van der Waals surface area contributed by atoms with Crippen LogP contribution in [0, 0.1) is 0 Å². The molecule has 1 unspecified atom stereocenters. The molecular formula is C18H17N3O. The molecule has 22 heavy (non-hydrogen) atoms. The average Bonchev–Trinajstić information content (AvgIpc) is 2.84. The fourth-order valence-corrected chi connectivity index (χ4v) is 3.23. The van der Waals surface area contributed by atoms with Crippen LogP contribution in [0.5, 0.6) is 0 Å². The molecule has 4 nitrogen and oxygen atoms in total. The topological polar surface area (TPSA) is 37.6 Å². The van der Waals surface area contributed by atoms with Gasteiger partial charge < -0.3 is 4.90 Å². The third kappa shape index (κ3) is 2.08. The van der Waals surface area contributed by atoms with E-state index < -0.39 is 0 Å². The second kappa shape index (κ2) is 4.98. The second-order valence-electron chi connectivity index (χ2n) is 5.82. The van der Waals surface area contributed by atoms with Gasteiger partial charge in [0.2, 0.25) is 0 Å². The molecule has 1 aliphatic heterocycles. The van der Waals surface area contributed by atoms with E-state index in [0.29, 0.717) is 18.2 Å². The average molecular weight is 291 g/mol. The highest BCUT2D eigenvalue weighted by atomic mass is 16.1. The third-order valence-electron chi connectivity index (χ3n) is 4.30. The Morgan fingerprint density at radius 1 is 1.18 bits per heavy atom. The van der Waals surface area contributed by atoms with Gasteiger partial charge in [0.1, 0.15) is 5.65 Å². The summed E-state index contributed by atoms with van der Waals surface area (Å²) >= 11 is 0. The van der Waals surface area contributed by atoms with Gasteiger partial charge in [0, 0.05) is 24.0 Å². The summed E-state index contributed by atoms with van der Waals surface area (Å²) in [7, 11) is 0. The first-order valence-electron chi connectivity index (χ1n) is 7.54. The molecule has 0 spiro atoms. The summed E-state index contributed by atoms with van der Waals surface area (Å²) in [6.45, 7) is 2.88. The lowest BCUT2D eigenvalue weighted by molar-refractivity contribution is 0.664. The van der Waals surface area contributed by atoms with Crippen LogP contribution in [0.4, 0.5) is 5.69 Å². The summed E-state index contributed by atoms with van der Waals surface area (Å²) in [5, 5.41) is 0. The number of hydrogen-bond donors (Lipinski definition) is 0. The normalized spacial score (nSPS) is 17.0. The summed E-state index contributed by atoms with van der Waals surface area (Å²) in [4.78, 5) is 19.2. The summed E-state index contributed by atoms with van der Waals surface area (Å²) in [5.74, 6) is 0. The van der Waals surface area contributed by atoms with Crippen LogP contribution in [-0.2, 0) is 13.0 Å². The van der Waals surface area contributed by atoms with E-state index in [-0.39, 0.29) is 5.56 Å². The van der Waals surface area contributed by atoms with Crippen LogP contribution in [0.15, 0.2) is 59.5 Å². The fraction of sp³-hybridized carbons (Fsp3) is 0.222. The summed E-state index contributed by atoms with van der Waals surface area (Å²) in [5.41, 5.74) is 4.11. The minimum absolute atomic E-state index is 0.0271. The molecule has 1 aromatic carbocycles. The number of rotatable bonds is 2. The summed E-state index contributed by atoms with van der Waals surface area (Å²) in [6.07, 6.45) is 2.80. The highest BCUT2D eigenvalue weighted by Gasteiger charge is 2.25. The molecule has 110 valence electrons. The fourth-order valence-electron chi connectivity index (χ4n) is 3.23. The Kier molecular flexibility index (Phi) is 2.96. The maximum Gasteiger partial charge on any atom is 0.258 e. The zero-order valence-corrected chi connectivity index (χ0v) is 12.4. The number of hydrogen-bond acceptors (Lipinski definition) is 3. The second-order valence-corrected chi connectivity index (χ2v) is 5.82. The highest BCUT2D eigenvalue weighted by Crippen LogP contribution is 2.32. The van der Waals surface area contributed by atoms with E-state index in [0.717, 1.165) is 12.1 Å².